The van der Waals surface area contributed by atoms with Crippen LogP contribution in [0.25, 0.3) is 0 Å². The Labute approximate surface area is 108 Å². The van der Waals surface area contributed by atoms with Gasteiger partial charge in [-0.3, -0.25) is 0 Å². The number of rotatable bonds is 6. The van der Waals surface area contributed by atoms with Gasteiger partial charge in [-0.25, -0.2) is 0 Å². The maximum atomic E-state index is 10.3. The van der Waals surface area contributed by atoms with Crippen LogP contribution in [-0.4, -0.2) is 11.2 Å². The quantitative estimate of drug-likeness (QED) is 0.717. The summed E-state index contributed by atoms with van der Waals surface area (Å²) in [7, 11) is 0. The van der Waals surface area contributed by atoms with Crippen molar-refractivity contribution >= 4 is 0 Å². The van der Waals surface area contributed by atoms with E-state index in [9.17, 15) is 5.11 Å². The van der Waals surface area contributed by atoms with Gasteiger partial charge in [0.2, 0.25) is 0 Å². The molecule has 1 fully saturated rings. The third-order valence-electron chi connectivity index (χ3n) is 4.73. The van der Waals surface area contributed by atoms with Crippen molar-refractivity contribution in [2.75, 3.05) is 0 Å². The van der Waals surface area contributed by atoms with Crippen LogP contribution in [0.1, 0.15) is 72.6 Å². The molecule has 0 bridgehead atoms. The Bertz CT molecular complexity index is 192. The number of hydrogen-bond donors (Lipinski definition) is 1. The molecule has 0 radical (unpaired) electrons. The Hall–Kier alpha value is -0.0400. The highest BCUT2D eigenvalue weighted by molar-refractivity contribution is 4.79. The number of aliphatic hydroxyl groups is 1. The van der Waals surface area contributed by atoms with Crippen LogP contribution < -0.4 is 0 Å². The molecule has 0 aromatic carbocycles. The van der Waals surface area contributed by atoms with Crippen molar-refractivity contribution in [1.82, 2.24) is 0 Å². The topological polar surface area (TPSA) is 20.2 Å². The second-order valence-corrected chi connectivity index (χ2v) is 6.62. The molecule has 0 amide bonds. The molecule has 1 saturated carbocycles. The van der Waals surface area contributed by atoms with Crippen molar-refractivity contribution in [2.45, 2.75) is 78.7 Å². The SMILES string of the molecule is CCCC(C)CC(O)C1CCC(C(C)C)CC1. The Balaban J connectivity index is 2.28. The Morgan fingerprint density at radius 2 is 1.53 bits per heavy atom. The largest absolute Gasteiger partial charge is 0.393 e. The highest BCUT2D eigenvalue weighted by Gasteiger charge is 2.28. The molecule has 2 unspecified atom stereocenters. The standard InChI is InChI=1S/C16H32O/c1-5-6-13(4)11-16(17)15-9-7-14(8-10-15)12(2)3/h12-17H,5-11H2,1-4H3. The second-order valence-electron chi connectivity index (χ2n) is 6.62. The van der Waals surface area contributed by atoms with Gasteiger partial charge in [-0.15, -0.1) is 0 Å². The summed E-state index contributed by atoms with van der Waals surface area (Å²) >= 11 is 0. The van der Waals surface area contributed by atoms with Gasteiger partial charge in [-0.1, -0.05) is 40.5 Å². The molecule has 102 valence electrons. The van der Waals surface area contributed by atoms with Crippen LogP contribution >= 0.6 is 0 Å². The van der Waals surface area contributed by atoms with Gasteiger partial charge >= 0.3 is 0 Å². The zero-order valence-electron chi connectivity index (χ0n) is 12.3. The Kier molecular flexibility index (Phi) is 6.54. The van der Waals surface area contributed by atoms with Crippen molar-refractivity contribution < 1.29 is 5.11 Å². The van der Waals surface area contributed by atoms with Gasteiger partial charge in [-0.2, -0.15) is 0 Å². The van der Waals surface area contributed by atoms with Crippen LogP contribution in [-0.2, 0) is 0 Å². The molecule has 1 heteroatoms. The lowest BCUT2D eigenvalue weighted by Gasteiger charge is -2.34. The van der Waals surface area contributed by atoms with Crippen LogP contribution in [0.4, 0.5) is 0 Å². The molecule has 0 spiro atoms. The average Bonchev–Trinajstić information content (AvgIpc) is 2.29. The fourth-order valence-electron chi connectivity index (χ4n) is 3.41. The van der Waals surface area contributed by atoms with Gasteiger partial charge in [-0.05, 0) is 55.8 Å². The van der Waals surface area contributed by atoms with E-state index in [1.165, 1.54) is 38.5 Å². The van der Waals surface area contributed by atoms with Crippen molar-refractivity contribution in [3.63, 3.8) is 0 Å². The van der Waals surface area contributed by atoms with Crippen molar-refractivity contribution in [2.24, 2.45) is 23.7 Å². The van der Waals surface area contributed by atoms with E-state index in [1.807, 2.05) is 0 Å². The lowest BCUT2D eigenvalue weighted by molar-refractivity contribution is 0.0490. The molecule has 1 aliphatic rings. The minimum Gasteiger partial charge on any atom is -0.393 e. The lowest BCUT2D eigenvalue weighted by Crippen LogP contribution is -2.28. The first-order valence-corrected chi connectivity index (χ1v) is 7.72. The van der Waals surface area contributed by atoms with Crippen molar-refractivity contribution in [3.8, 4) is 0 Å². The zero-order valence-corrected chi connectivity index (χ0v) is 12.3. The van der Waals surface area contributed by atoms with Crippen LogP contribution in [0.3, 0.4) is 0 Å². The fraction of sp³-hybridized carbons (Fsp3) is 1.00. The molecule has 1 N–H and O–H groups in total. The van der Waals surface area contributed by atoms with Crippen molar-refractivity contribution in [1.29, 1.82) is 0 Å². The monoisotopic (exact) mass is 240 g/mol. The summed E-state index contributed by atoms with van der Waals surface area (Å²) in [5.41, 5.74) is 0. The zero-order chi connectivity index (χ0) is 12.8. The normalized spacial score (nSPS) is 29.3. The highest BCUT2D eigenvalue weighted by Crippen LogP contribution is 2.36. The van der Waals surface area contributed by atoms with Gasteiger partial charge in [0.05, 0.1) is 6.10 Å². The minimum atomic E-state index is -0.0373. The van der Waals surface area contributed by atoms with E-state index in [4.69, 9.17) is 0 Å². The van der Waals surface area contributed by atoms with Gasteiger partial charge in [0.25, 0.3) is 0 Å². The van der Waals surface area contributed by atoms with Gasteiger partial charge in [0.1, 0.15) is 0 Å². The van der Waals surface area contributed by atoms with E-state index in [-0.39, 0.29) is 6.10 Å². The summed E-state index contributed by atoms with van der Waals surface area (Å²) in [5, 5.41) is 10.3. The molecule has 17 heavy (non-hydrogen) atoms. The fourth-order valence-corrected chi connectivity index (χ4v) is 3.41. The first kappa shape index (κ1) is 15.0. The van der Waals surface area contributed by atoms with Crippen molar-refractivity contribution in [3.05, 3.63) is 0 Å². The molecule has 0 saturated heterocycles. The van der Waals surface area contributed by atoms with E-state index < -0.39 is 0 Å². The number of hydrogen-bond acceptors (Lipinski definition) is 1. The molecule has 2 atom stereocenters. The van der Waals surface area contributed by atoms with E-state index in [0.717, 1.165) is 18.3 Å². The van der Waals surface area contributed by atoms with Crippen LogP contribution in [0, 0.1) is 23.7 Å². The van der Waals surface area contributed by atoms with Gasteiger partial charge in [0.15, 0.2) is 0 Å². The third kappa shape index (κ3) is 4.99. The molecule has 1 aliphatic carbocycles. The molecule has 1 nitrogen and oxygen atoms in total. The van der Waals surface area contributed by atoms with Crippen LogP contribution in [0.2, 0.25) is 0 Å². The van der Waals surface area contributed by atoms with Crippen LogP contribution in [0.5, 0.6) is 0 Å². The summed E-state index contributed by atoms with van der Waals surface area (Å²) in [6.45, 7) is 9.19. The Morgan fingerprint density at radius 1 is 1.00 bits per heavy atom. The Morgan fingerprint density at radius 3 is 2.00 bits per heavy atom. The molecular formula is C16H32O. The molecule has 1 rings (SSSR count). The smallest absolute Gasteiger partial charge is 0.0570 e. The van der Waals surface area contributed by atoms with E-state index >= 15 is 0 Å². The van der Waals surface area contributed by atoms with E-state index in [0.29, 0.717) is 11.8 Å². The first-order valence-electron chi connectivity index (χ1n) is 7.72. The molecule has 0 aromatic rings. The number of aliphatic hydroxyl groups excluding tert-OH is 1. The molecule has 0 aromatic heterocycles. The van der Waals surface area contributed by atoms with Crippen LogP contribution in [0.15, 0.2) is 0 Å². The maximum Gasteiger partial charge on any atom is 0.0570 e. The second kappa shape index (κ2) is 7.41. The summed E-state index contributed by atoms with van der Waals surface area (Å²) < 4.78 is 0. The molecule has 0 heterocycles. The summed E-state index contributed by atoms with van der Waals surface area (Å²) in [5.74, 6) is 3.01. The maximum absolute atomic E-state index is 10.3. The average molecular weight is 240 g/mol. The summed E-state index contributed by atoms with van der Waals surface area (Å²) in [4.78, 5) is 0. The predicted octanol–water partition coefficient (Wildman–Crippen LogP) is 4.64. The first-order chi connectivity index (χ1) is 8.04. The lowest BCUT2D eigenvalue weighted by atomic mass is 9.74. The summed E-state index contributed by atoms with van der Waals surface area (Å²) in [6.07, 6.45) is 8.66. The third-order valence-corrected chi connectivity index (χ3v) is 4.73. The van der Waals surface area contributed by atoms with Gasteiger partial charge < -0.3 is 5.11 Å². The minimum absolute atomic E-state index is 0.0373. The van der Waals surface area contributed by atoms with E-state index in [1.54, 1.807) is 0 Å². The molecular weight excluding hydrogens is 208 g/mol. The van der Waals surface area contributed by atoms with Gasteiger partial charge in [0, 0.05) is 0 Å². The highest BCUT2D eigenvalue weighted by atomic mass is 16.3. The predicted molar refractivity (Wildman–Crippen MR) is 75.0 cm³/mol. The summed E-state index contributed by atoms with van der Waals surface area (Å²) in [6, 6.07) is 0. The van der Waals surface area contributed by atoms with E-state index in [2.05, 4.69) is 27.7 Å². The molecule has 0 aliphatic heterocycles.